The van der Waals surface area contributed by atoms with Crippen LogP contribution in [0.15, 0.2) is 0 Å². The van der Waals surface area contributed by atoms with Gasteiger partial charge in [-0.1, -0.05) is 20.8 Å². The van der Waals surface area contributed by atoms with Crippen molar-refractivity contribution in [3.8, 4) is 0 Å². The molecule has 1 aliphatic rings. The Bertz CT molecular complexity index is 235. The summed E-state index contributed by atoms with van der Waals surface area (Å²) in [4.78, 5) is 0. The van der Waals surface area contributed by atoms with Crippen molar-refractivity contribution in [2.45, 2.75) is 78.0 Å². The molecule has 0 bridgehead atoms. The molecule has 1 aliphatic carbocycles. The first-order chi connectivity index (χ1) is 8.97. The average molecular weight is 271 g/mol. The maximum Gasteiger partial charge on any atom is 0.0811 e. The summed E-state index contributed by atoms with van der Waals surface area (Å²) in [5.74, 6) is 0.845. The zero-order valence-corrected chi connectivity index (χ0v) is 13.5. The fraction of sp³-hybridized carbons (Fsp3) is 1.00. The van der Waals surface area contributed by atoms with Crippen molar-refractivity contribution in [3.05, 3.63) is 0 Å². The zero-order valence-electron chi connectivity index (χ0n) is 13.5. The molecule has 0 radical (unpaired) electrons. The molecule has 0 aromatic carbocycles. The van der Waals surface area contributed by atoms with E-state index in [2.05, 4.69) is 33.0 Å². The monoisotopic (exact) mass is 271 g/mol. The molecule has 1 rings (SSSR count). The van der Waals surface area contributed by atoms with E-state index in [-0.39, 0.29) is 11.7 Å². The second kappa shape index (κ2) is 8.23. The van der Waals surface area contributed by atoms with E-state index in [4.69, 9.17) is 9.47 Å². The van der Waals surface area contributed by atoms with Crippen molar-refractivity contribution in [3.63, 3.8) is 0 Å². The molecule has 3 heteroatoms. The molecule has 19 heavy (non-hydrogen) atoms. The Morgan fingerprint density at radius 1 is 1.21 bits per heavy atom. The quantitative estimate of drug-likeness (QED) is 0.734. The van der Waals surface area contributed by atoms with Crippen LogP contribution in [0.2, 0.25) is 0 Å². The Balaban J connectivity index is 2.53. The Kier molecular flexibility index (Phi) is 7.33. The van der Waals surface area contributed by atoms with Gasteiger partial charge in [0.1, 0.15) is 0 Å². The van der Waals surface area contributed by atoms with Crippen LogP contribution in [-0.2, 0) is 9.47 Å². The van der Waals surface area contributed by atoms with E-state index < -0.39 is 0 Å². The van der Waals surface area contributed by atoms with Crippen LogP contribution in [0.1, 0.15) is 60.3 Å². The standard InChI is InChI=1S/C16H33NO2/c1-6-18-11-15(5)19-16(12-17-13(2)3)9-7-14(4)8-10-16/h13-15,17H,6-12H2,1-5H3. The van der Waals surface area contributed by atoms with Gasteiger partial charge in [0.2, 0.25) is 0 Å². The van der Waals surface area contributed by atoms with E-state index in [1.807, 2.05) is 6.92 Å². The Labute approximate surface area is 119 Å². The van der Waals surface area contributed by atoms with Crippen molar-refractivity contribution < 1.29 is 9.47 Å². The minimum absolute atomic E-state index is 0.0211. The van der Waals surface area contributed by atoms with E-state index in [0.717, 1.165) is 19.1 Å². The van der Waals surface area contributed by atoms with Crippen molar-refractivity contribution in [1.82, 2.24) is 5.32 Å². The van der Waals surface area contributed by atoms with Crippen molar-refractivity contribution in [2.24, 2.45) is 5.92 Å². The lowest BCUT2D eigenvalue weighted by atomic mass is 9.79. The highest BCUT2D eigenvalue weighted by Gasteiger charge is 2.36. The smallest absolute Gasteiger partial charge is 0.0811 e. The Morgan fingerprint density at radius 2 is 1.84 bits per heavy atom. The molecule has 0 saturated heterocycles. The topological polar surface area (TPSA) is 30.5 Å². The lowest BCUT2D eigenvalue weighted by Crippen LogP contribution is -2.49. The fourth-order valence-corrected chi connectivity index (χ4v) is 2.76. The molecule has 114 valence electrons. The molecule has 0 aliphatic heterocycles. The van der Waals surface area contributed by atoms with Gasteiger partial charge in [-0.25, -0.2) is 0 Å². The lowest BCUT2D eigenvalue weighted by Gasteiger charge is -2.42. The molecule has 0 aromatic heterocycles. The molecule has 1 N–H and O–H groups in total. The summed E-state index contributed by atoms with van der Waals surface area (Å²) in [5, 5.41) is 3.57. The third-order valence-corrected chi connectivity index (χ3v) is 4.03. The maximum atomic E-state index is 6.39. The zero-order chi connectivity index (χ0) is 14.3. The average Bonchev–Trinajstić information content (AvgIpc) is 2.37. The summed E-state index contributed by atoms with van der Waals surface area (Å²) < 4.78 is 11.9. The van der Waals surface area contributed by atoms with E-state index in [0.29, 0.717) is 12.6 Å². The van der Waals surface area contributed by atoms with E-state index in [9.17, 15) is 0 Å². The maximum absolute atomic E-state index is 6.39. The minimum atomic E-state index is 0.0211. The summed E-state index contributed by atoms with van der Waals surface area (Å²) in [6.45, 7) is 13.3. The largest absolute Gasteiger partial charge is 0.379 e. The molecule has 3 nitrogen and oxygen atoms in total. The van der Waals surface area contributed by atoms with Gasteiger partial charge in [0.15, 0.2) is 0 Å². The number of nitrogens with one attached hydrogen (secondary N) is 1. The van der Waals surface area contributed by atoms with Gasteiger partial charge in [-0.15, -0.1) is 0 Å². The first-order valence-electron chi connectivity index (χ1n) is 7.96. The summed E-state index contributed by atoms with van der Waals surface area (Å²) in [6, 6.07) is 0.516. The van der Waals surface area contributed by atoms with Gasteiger partial charge in [-0.3, -0.25) is 0 Å². The second-order valence-corrected chi connectivity index (χ2v) is 6.49. The van der Waals surface area contributed by atoms with Gasteiger partial charge < -0.3 is 14.8 Å². The van der Waals surface area contributed by atoms with Crippen LogP contribution in [0.3, 0.4) is 0 Å². The van der Waals surface area contributed by atoms with Gasteiger partial charge in [-0.05, 0) is 45.4 Å². The minimum Gasteiger partial charge on any atom is -0.379 e. The number of ether oxygens (including phenoxy) is 2. The summed E-state index contributed by atoms with van der Waals surface area (Å²) >= 11 is 0. The molecular weight excluding hydrogens is 238 g/mol. The van der Waals surface area contributed by atoms with E-state index >= 15 is 0 Å². The summed E-state index contributed by atoms with van der Waals surface area (Å²) in [5.41, 5.74) is 0.0211. The van der Waals surface area contributed by atoms with Crippen LogP contribution in [0.5, 0.6) is 0 Å². The third-order valence-electron chi connectivity index (χ3n) is 4.03. The predicted octanol–water partition coefficient (Wildman–Crippen LogP) is 3.37. The molecule has 1 fully saturated rings. The highest BCUT2D eigenvalue weighted by atomic mass is 16.5. The van der Waals surface area contributed by atoms with Gasteiger partial charge in [0.25, 0.3) is 0 Å². The van der Waals surface area contributed by atoms with Crippen LogP contribution in [0.4, 0.5) is 0 Å². The molecule has 0 aromatic rings. The van der Waals surface area contributed by atoms with Crippen molar-refractivity contribution >= 4 is 0 Å². The van der Waals surface area contributed by atoms with Gasteiger partial charge in [0.05, 0.1) is 18.3 Å². The van der Waals surface area contributed by atoms with Crippen LogP contribution >= 0.6 is 0 Å². The number of hydrogen-bond donors (Lipinski definition) is 1. The highest BCUT2D eigenvalue weighted by Crippen LogP contribution is 2.35. The van der Waals surface area contributed by atoms with Crippen molar-refractivity contribution in [2.75, 3.05) is 19.8 Å². The number of rotatable bonds is 8. The Morgan fingerprint density at radius 3 is 2.37 bits per heavy atom. The number of hydrogen-bond acceptors (Lipinski definition) is 3. The normalized spacial score (nSPS) is 29.7. The third kappa shape index (κ3) is 6.24. The van der Waals surface area contributed by atoms with Crippen LogP contribution in [-0.4, -0.2) is 37.5 Å². The second-order valence-electron chi connectivity index (χ2n) is 6.49. The SMILES string of the molecule is CCOCC(C)OC1(CNC(C)C)CCC(C)CC1. The molecule has 0 spiro atoms. The van der Waals surface area contributed by atoms with Crippen molar-refractivity contribution in [1.29, 1.82) is 0 Å². The fourth-order valence-electron chi connectivity index (χ4n) is 2.76. The molecular formula is C16H33NO2. The van der Waals surface area contributed by atoms with Gasteiger partial charge in [0, 0.05) is 19.2 Å². The first-order valence-corrected chi connectivity index (χ1v) is 7.96. The molecule has 1 unspecified atom stereocenters. The van der Waals surface area contributed by atoms with Crippen LogP contribution < -0.4 is 5.32 Å². The van der Waals surface area contributed by atoms with Gasteiger partial charge in [-0.2, -0.15) is 0 Å². The highest BCUT2D eigenvalue weighted by molar-refractivity contribution is 4.89. The molecule has 1 saturated carbocycles. The molecule has 0 amide bonds. The first kappa shape index (κ1) is 16.9. The van der Waals surface area contributed by atoms with Crippen LogP contribution in [0, 0.1) is 5.92 Å². The van der Waals surface area contributed by atoms with Crippen LogP contribution in [0.25, 0.3) is 0 Å². The van der Waals surface area contributed by atoms with E-state index in [1.165, 1.54) is 25.7 Å². The lowest BCUT2D eigenvalue weighted by molar-refractivity contribution is -0.130. The molecule has 0 heterocycles. The van der Waals surface area contributed by atoms with Gasteiger partial charge >= 0.3 is 0 Å². The summed E-state index contributed by atoms with van der Waals surface area (Å²) in [7, 11) is 0. The summed E-state index contributed by atoms with van der Waals surface area (Å²) in [6.07, 6.45) is 5.08. The Hall–Kier alpha value is -0.120. The van der Waals surface area contributed by atoms with E-state index in [1.54, 1.807) is 0 Å². The predicted molar refractivity (Wildman–Crippen MR) is 80.5 cm³/mol. The molecule has 1 atom stereocenters.